The maximum Gasteiger partial charge on any atom is 0.254 e. The summed E-state index contributed by atoms with van der Waals surface area (Å²) in [6, 6.07) is 1.25. The summed E-state index contributed by atoms with van der Waals surface area (Å²) in [5.41, 5.74) is 0.448. The molecule has 0 fully saturated rings. The molecule has 0 saturated heterocycles. The molecule has 0 aliphatic carbocycles. The van der Waals surface area contributed by atoms with Gasteiger partial charge in [-0.05, 0) is 6.92 Å². The smallest absolute Gasteiger partial charge is 0.254 e. The summed E-state index contributed by atoms with van der Waals surface area (Å²) in [6.07, 6.45) is 0. The van der Waals surface area contributed by atoms with Gasteiger partial charge in [0.1, 0.15) is 5.39 Å². The molecule has 0 saturated carbocycles. The lowest BCUT2D eigenvalue weighted by atomic mass is 10.3. The molecule has 12 heavy (non-hydrogen) atoms. The predicted octanol–water partition coefficient (Wildman–Crippen LogP) is 0.530. The molecule has 0 unspecified atom stereocenters. The minimum Gasteiger partial charge on any atom is -0.494 e. The molecule has 0 aromatic carbocycles. The zero-order valence-corrected chi connectivity index (χ0v) is 6.29. The first-order valence-electron chi connectivity index (χ1n) is 3.37. The van der Waals surface area contributed by atoms with Gasteiger partial charge in [-0.15, -0.1) is 0 Å². The lowest BCUT2D eigenvalue weighted by Gasteiger charge is -1.91. The van der Waals surface area contributed by atoms with E-state index in [2.05, 4.69) is 10.1 Å². The highest BCUT2D eigenvalue weighted by molar-refractivity contribution is 5.83. The normalized spacial score (nSPS) is 10.8. The lowest BCUT2D eigenvalue weighted by molar-refractivity contribution is 0.447. The average molecular weight is 166 g/mol. The molecule has 0 bridgehead atoms. The zero-order chi connectivity index (χ0) is 8.72. The molecule has 5 heteroatoms. The quantitative estimate of drug-likeness (QED) is 0.598. The SMILES string of the molecule is Cc1noc2cc(=O)[nH]c(O)c12. The van der Waals surface area contributed by atoms with E-state index in [4.69, 9.17) is 4.52 Å². The van der Waals surface area contributed by atoms with Crippen LogP contribution >= 0.6 is 0 Å². The molecular weight excluding hydrogens is 160 g/mol. The van der Waals surface area contributed by atoms with E-state index in [-0.39, 0.29) is 5.88 Å². The highest BCUT2D eigenvalue weighted by Crippen LogP contribution is 2.22. The molecule has 62 valence electrons. The fourth-order valence-corrected chi connectivity index (χ4v) is 1.11. The zero-order valence-electron chi connectivity index (χ0n) is 6.29. The molecule has 2 aromatic rings. The van der Waals surface area contributed by atoms with Crippen molar-refractivity contribution in [1.82, 2.24) is 10.1 Å². The monoisotopic (exact) mass is 166 g/mol. The van der Waals surface area contributed by atoms with E-state index in [9.17, 15) is 9.90 Å². The Bertz CT molecular complexity index is 483. The number of nitrogens with zero attached hydrogens (tertiary/aromatic N) is 1. The third-order valence-electron chi connectivity index (χ3n) is 1.63. The van der Waals surface area contributed by atoms with E-state index in [1.54, 1.807) is 6.92 Å². The van der Waals surface area contributed by atoms with Gasteiger partial charge in [0.2, 0.25) is 5.88 Å². The number of aryl methyl sites for hydroxylation is 1. The van der Waals surface area contributed by atoms with Gasteiger partial charge in [-0.25, -0.2) is 0 Å². The molecule has 0 aliphatic heterocycles. The van der Waals surface area contributed by atoms with Gasteiger partial charge < -0.3 is 9.63 Å². The van der Waals surface area contributed by atoms with Crippen LogP contribution < -0.4 is 5.56 Å². The van der Waals surface area contributed by atoms with Gasteiger partial charge in [-0.3, -0.25) is 9.78 Å². The molecule has 0 radical (unpaired) electrons. The summed E-state index contributed by atoms with van der Waals surface area (Å²) in [6.45, 7) is 1.68. The Morgan fingerprint density at radius 1 is 1.67 bits per heavy atom. The van der Waals surface area contributed by atoms with Crippen molar-refractivity contribution < 1.29 is 9.63 Å². The molecule has 2 aromatic heterocycles. The largest absolute Gasteiger partial charge is 0.494 e. The Labute approximate surface area is 66.6 Å². The van der Waals surface area contributed by atoms with Gasteiger partial charge >= 0.3 is 0 Å². The van der Waals surface area contributed by atoms with Crippen LogP contribution in [0.25, 0.3) is 11.0 Å². The fraction of sp³-hybridized carbons (Fsp3) is 0.143. The van der Waals surface area contributed by atoms with E-state index < -0.39 is 5.56 Å². The van der Waals surface area contributed by atoms with Crippen LogP contribution in [0.15, 0.2) is 15.4 Å². The van der Waals surface area contributed by atoms with E-state index in [0.717, 1.165) is 0 Å². The Morgan fingerprint density at radius 2 is 2.42 bits per heavy atom. The van der Waals surface area contributed by atoms with Crippen molar-refractivity contribution in [2.75, 3.05) is 0 Å². The van der Waals surface area contributed by atoms with Gasteiger partial charge in [-0.2, -0.15) is 0 Å². The molecule has 0 atom stereocenters. The lowest BCUT2D eigenvalue weighted by Crippen LogP contribution is -2.01. The van der Waals surface area contributed by atoms with Crippen LogP contribution in [-0.2, 0) is 0 Å². The maximum atomic E-state index is 10.8. The fourth-order valence-electron chi connectivity index (χ4n) is 1.11. The second-order valence-electron chi connectivity index (χ2n) is 2.49. The van der Waals surface area contributed by atoms with Crippen molar-refractivity contribution in [1.29, 1.82) is 0 Å². The first-order chi connectivity index (χ1) is 5.68. The molecule has 0 aliphatic rings. The summed E-state index contributed by atoms with van der Waals surface area (Å²) in [4.78, 5) is 13.1. The number of aromatic amines is 1. The second-order valence-corrected chi connectivity index (χ2v) is 2.49. The molecular formula is C7H6N2O3. The number of pyridine rings is 1. The number of hydrogen-bond acceptors (Lipinski definition) is 4. The van der Waals surface area contributed by atoms with E-state index in [1.165, 1.54) is 6.07 Å². The minimum absolute atomic E-state index is 0.198. The van der Waals surface area contributed by atoms with Crippen molar-refractivity contribution >= 4 is 11.0 Å². The molecule has 0 amide bonds. The Hall–Kier alpha value is -1.78. The van der Waals surface area contributed by atoms with E-state index in [1.807, 2.05) is 0 Å². The highest BCUT2D eigenvalue weighted by atomic mass is 16.5. The summed E-state index contributed by atoms with van der Waals surface area (Å²) in [5, 5.41) is 13.3. The van der Waals surface area contributed by atoms with Gasteiger partial charge in [0.25, 0.3) is 5.56 Å². The number of nitrogens with one attached hydrogen (secondary N) is 1. The number of aromatic hydroxyl groups is 1. The first kappa shape index (κ1) is 6.90. The van der Waals surface area contributed by atoms with Crippen LogP contribution in [-0.4, -0.2) is 15.2 Å². The average Bonchev–Trinajstić information content (AvgIpc) is 2.31. The summed E-state index contributed by atoms with van der Waals surface area (Å²) < 4.78 is 4.78. The Balaban J connectivity index is 3.02. The topological polar surface area (TPSA) is 79.1 Å². The molecule has 5 nitrogen and oxygen atoms in total. The third kappa shape index (κ3) is 0.795. The first-order valence-corrected chi connectivity index (χ1v) is 3.37. The van der Waals surface area contributed by atoms with Gasteiger partial charge in [0, 0.05) is 6.07 Å². The second kappa shape index (κ2) is 2.10. The predicted molar refractivity (Wildman–Crippen MR) is 41.0 cm³/mol. The highest BCUT2D eigenvalue weighted by Gasteiger charge is 2.09. The third-order valence-corrected chi connectivity index (χ3v) is 1.63. The van der Waals surface area contributed by atoms with Crippen LogP contribution in [0.4, 0.5) is 0 Å². The number of aromatic nitrogens is 2. The van der Waals surface area contributed by atoms with Crippen LogP contribution in [0.1, 0.15) is 5.69 Å². The summed E-state index contributed by atoms with van der Waals surface area (Å²) in [7, 11) is 0. The summed E-state index contributed by atoms with van der Waals surface area (Å²) >= 11 is 0. The number of rotatable bonds is 0. The van der Waals surface area contributed by atoms with Crippen LogP contribution in [0.3, 0.4) is 0 Å². The van der Waals surface area contributed by atoms with Crippen LogP contribution in [0.2, 0.25) is 0 Å². The summed E-state index contributed by atoms with van der Waals surface area (Å²) in [5.74, 6) is -0.198. The molecule has 2 N–H and O–H groups in total. The van der Waals surface area contributed by atoms with Crippen molar-refractivity contribution in [3.8, 4) is 5.88 Å². The van der Waals surface area contributed by atoms with Crippen LogP contribution in [0.5, 0.6) is 5.88 Å². The van der Waals surface area contributed by atoms with Crippen LogP contribution in [0, 0.1) is 6.92 Å². The van der Waals surface area contributed by atoms with Gasteiger partial charge in [0.15, 0.2) is 5.58 Å². The molecule has 2 heterocycles. The number of hydrogen-bond donors (Lipinski definition) is 2. The van der Waals surface area contributed by atoms with E-state index >= 15 is 0 Å². The van der Waals surface area contributed by atoms with Crippen molar-refractivity contribution in [3.63, 3.8) is 0 Å². The minimum atomic E-state index is -0.406. The van der Waals surface area contributed by atoms with Crippen molar-refractivity contribution in [2.45, 2.75) is 6.92 Å². The number of H-pyrrole nitrogens is 1. The van der Waals surface area contributed by atoms with Crippen molar-refractivity contribution in [2.24, 2.45) is 0 Å². The number of fused-ring (bicyclic) bond motifs is 1. The molecule has 0 spiro atoms. The Kier molecular flexibility index (Phi) is 1.21. The standard InChI is InChI=1S/C7H6N2O3/c1-3-6-4(12-9-3)2-5(10)8-7(6)11/h2H,1H3,(H2,8,10,11). The maximum absolute atomic E-state index is 10.8. The van der Waals surface area contributed by atoms with Crippen molar-refractivity contribution in [3.05, 3.63) is 22.1 Å². The Morgan fingerprint density at radius 3 is 3.17 bits per heavy atom. The van der Waals surface area contributed by atoms with E-state index in [0.29, 0.717) is 16.7 Å². The van der Waals surface area contributed by atoms with Gasteiger partial charge in [-0.1, -0.05) is 5.16 Å². The molecule has 2 rings (SSSR count). The van der Waals surface area contributed by atoms with Gasteiger partial charge in [0.05, 0.1) is 5.69 Å².